The molecule has 142 valence electrons. The van der Waals surface area contributed by atoms with Crippen LogP contribution in [0.1, 0.15) is 31.9 Å². The quantitative estimate of drug-likeness (QED) is 0.433. The van der Waals surface area contributed by atoms with E-state index in [0.29, 0.717) is 23.0 Å². The fraction of sp³-hybridized carbons (Fsp3) is 0.238. The lowest BCUT2D eigenvalue weighted by atomic mass is 10.0. The van der Waals surface area contributed by atoms with Crippen molar-refractivity contribution < 1.29 is 28.5 Å². The molecule has 2 aromatic carbocycles. The lowest BCUT2D eigenvalue weighted by Crippen LogP contribution is -2.05. The lowest BCUT2D eigenvalue weighted by Gasteiger charge is -2.11. The molecule has 0 amide bonds. The van der Waals surface area contributed by atoms with Crippen LogP contribution in [0.15, 0.2) is 36.4 Å². The van der Waals surface area contributed by atoms with E-state index in [1.807, 2.05) is 25.1 Å². The average Bonchev–Trinajstić information content (AvgIpc) is 2.59. The van der Waals surface area contributed by atoms with E-state index in [2.05, 4.69) is 0 Å². The van der Waals surface area contributed by atoms with Gasteiger partial charge in [-0.2, -0.15) is 0 Å². The number of esters is 2. The highest BCUT2D eigenvalue weighted by Crippen LogP contribution is 2.30. The predicted molar refractivity (Wildman–Crippen MR) is 102 cm³/mol. The summed E-state index contributed by atoms with van der Waals surface area (Å²) in [6.45, 7) is 4.52. The van der Waals surface area contributed by atoms with Gasteiger partial charge in [-0.05, 0) is 47.9 Å². The standard InChI is InChI=1S/C21H22O6/c1-13(6-16-7-18(24-4)11-19(8-16)25-5)17-9-20(26-14(2)22)12-21(10-17)27-15(3)23/h6-12H,1-5H3. The summed E-state index contributed by atoms with van der Waals surface area (Å²) >= 11 is 0. The van der Waals surface area contributed by atoms with Gasteiger partial charge >= 0.3 is 11.9 Å². The van der Waals surface area contributed by atoms with Crippen molar-refractivity contribution in [1.82, 2.24) is 0 Å². The third-order valence-corrected chi connectivity index (χ3v) is 3.62. The lowest BCUT2D eigenvalue weighted by molar-refractivity contribution is -0.132. The first-order valence-electron chi connectivity index (χ1n) is 8.24. The minimum atomic E-state index is -0.458. The Morgan fingerprint density at radius 3 is 1.56 bits per heavy atom. The third kappa shape index (κ3) is 5.88. The SMILES string of the molecule is COc1cc(C=C(C)c2cc(OC(C)=O)cc(OC(C)=O)c2)cc(OC)c1. The highest BCUT2D eigenvalue weighted by Gasteiger charge is 2.09. The van der Waals surface area contributed by atoms with Crippen molar-refractivity contribution in [3.63, 3.8) is 0 Å². The zero-order valence-electron chi connectivity index (χ0n) is 16.0. The number of carbonyl (C=O) groups is 2. The molecule has 0 atom stereocenters. The number of hydrogen-bond donors (Lipinski definition) is 0. The Balaban J connectivity index is 2.46. The van der Waals surface area contributed by atoms with Crippen molar-refractivity contribution in [3.8, 4) is 23.0 Å². The molecule has 6 nitrogen and oxygen atoms in total. The van der Waals surface area contributed by atoms with Crippen LogP contribution in [-0.2, 0) is 9.59 Å². The zero-order valence-corrected chi connectivity index (χ0v) is 16.0. The molecule has 0 radical (unpaired) electrons. The predicted octanol–water partition coefficient (Wildman–Crippen LogP) is 4.11. The van der Waals surface area contributed by atoms with E-state index in [1.165, 1.54) is 19.9 Å². The fourth-order valence-corrected chi connectivity index (χ4v) is 2.50. The topological polar surface area (TPSA) is 71.1 Å². The van der Waals surface area contributed by atoms with Crippen LogP contribution in [0.4, 0.5) is 0 Å². The van der Waals surface area contributed by atoms with Gasteiger partial charge in [0.1, 0.15) is 23.0 Å². The summed E-state index contributed by atoms with van der Waals surface area (Å²) < 4.78 is 20.9. The van der Waals surface area contributed by atoms with Crippen LogP contribution >= 0.6 is 0 Å². The van der Waals surface area contributed by atoms with E-state index < -0.39 is 11.9 Å². The summed E-state index contributed by atoms with van der Waals surface area (Å²) in [6.07, 6.45) is 1.93. The smallest absolute Gasteiger partial charge is 0.308 e. The maximum atomic E-state index is 11.3. The van der Waals surface area contributed by atoms with Crippen molar-refractivity contribution in [3.05, 3.63) is 47.5 Å². The van der Waals surface area contributed by atoms with E-state index in [4.69, 9.17) is 18.9 Å². The monoisotopic (exact) mass is 370 g/mol. The molecular formula is C21H22O6. The molecule has 0 saturated carbocycles. The first kappa shape index (κ1) is 20.0. The number of methoxy groups -OCH3 is 2. The van der Waals surface area contributed by atoms with Gasteiger partial charge in [0.15, 0.2) is 0 Å². The second-order valence-corrected chi connectivity index (χ2v) is 5.85. The van der Waals surface area contributed by atoms with Gasteiger partial charge in [-0.1, -0.05) is 6.08 Å². The minimum absolute atomic E-state index is 0.298. The van der Waals surface area contributed by atoms with Crippen LogP contribution < -0.4 is 18.9 Å². The Morgan fingerprint density at radius 2 is 1.15 bits per heavy atom. The highest BCUT2D eigenvalue weighted by atomic mass is 16.5. The van der Waals surface area contributed by atoms with E-state index in [1.54, 1.807) is 32.4 Å². The number of hydrogen-bond acceptors (Lipinski definition) is 6. The number of allylic oxidation sites excluding steroid dienone is 1. The first-order valence-corrected chi connectivity index (χ1v) is 8.24. The molecule has 0 aromatic heterocycles. The van der Waals surface area contributed by atoms with Gasteiger partial charge in [-0.25, -0.2) is 0 Å². The van der Waals surface area contributed by atoms with Gasteiger partial charge in [0, 0.05) is 26.0 Å². The number of rotatable bonds is 6. The molecule has 0 bridgehead atoms. The minimum Gasteiger partial charge on any atom is -0.497 e. The summed E-state index contributed by atoms with van der Waals surface area (Å²) in [7, 11) is 3.17. The Hall–Kier alpha value is -3.28. The van der Waals surface area contributed by atoms with Crippen LogP contribution in [0.3, 0.4) is 0 Å². The van der Waals surface area contributed by atoms with E-state index in [-0.39, 0.29) is 0 Å². The van der Waals surface area contributed by atoms with Gasteiger partial charge in [-0.3, -0.25) is 9.59 Å². The van der Waals surface area contributed by atoms with Crippen molar-refractivity contribution in [2.24, 2.45) is 0 Å². The molecule has 0 N–H and O–H groups in total. The van der Waals surface area contributed by atoms with Crippen molar-refractivity contribution in [2.75, 3.05) is 14.2 Å². The molecule has 6 heteroatoms. The first-order chi connectivity index (χ1) is 12.8. The van der Waals surface area contributed by atoms with E-state index >= 15 is 0 Å². The summed E-state index contributed by atoms with van der Waals surface area (Å²) in [5, 5.41) is 0. The molecule has 0 heterocycles. The molecule has 27 heavy (non-hydrogen) atoms. The fourth-order valence-electron chi connectivity index (χ4n) is 2.50. The van der Waals surface area contributed by atoms with Crippen LogP contribution in [0.5, 0.6) is 23.0 Å². The Bertz CT molecular complexity index is 826. The number of ether oxygens (including phenoxy) is 4. The van der Waals surface area contributed by atoms with Gasteiger partial charge in [0.25, 0.3) is 0 Å². The summed E-state index contributed by atoms with van der Waals surface area (Å²) in [4.78, 5) is 22.6. The van der Waals surface area contributed by atoms with Crippen LogP contribution in [0, 0.1) is 0 Å². The summed E-state index contributed by atoms with van der Waals surface area (Å²) in [5.41, 5.74) is 2.48. The van der Waals surface area contributed by atoms with Gasteiger partial charge in [0.2, 0.25) is 0 Å². The maximum Gasteiger partial charge on any atom is 0.308 e. The normalized spacial score (nSPS) is 10.9. The molecular weight excluding hydrogens is 348 g/mol. The molecule has 0 unspecified atom stereocenters. The zero-order chi connectivity index (χ0) is 20.0. The van der Waals surface area contributed by atoms with Crippen LogP contribution in [0.2, 0.25) is 0 Å². The van der Waals surface area contributed by atoms with Crippen molar-refractivity contribution in [1.29, 1.82) is 0 Å². The highest BCUT2D eigenvalue weighted by molar-refractivity contribution is 5.82. The maximum absolute atomic E-state index is 11.3. The van der Waals surface area contributed by atoms with Crippen molar-refractivity contribution >= 4 is 23.6 Å². The summed E-state index contributed by atoms with van der Waals surface area (Å²) in [5.74, 6) is 1.02. The molecule has 0 saturated heterocycles. The number of carbonyl (C=O) groups excluding carboxylic acids is 2. The molecule has 0 aliphatic rings. The molecule has 0 fully saturated rings. The van der Waals surface area contributed by atoms with Gasteiger partial charge in [-0.15, -0.1) is 0 Å². The van der Waals surface area contributed by atoms with Gasteiger partial charge in [0.05, 0.1) is 14.2 Å². The Morgan fingerprint density at radius 1 is 0.704 bits per heavy atom. The van der Waals surface area contributed by atoms with Crippen LogP contribution in [-0.4, -0.2) is 26.2 Å². The second kappa shape index (κ2) is 8.89. The van der Waals surface area contributed by atoms with E-state index in [0.717, 1.165) is 16.7 Å². The molecule has 0 aliphatic heterocycles. The second-order valence-electron chi connectivity index (χ2n) is 5.85. The number of benzene rings is 2. The third-order valence-electron chi connectivity index (χ3n) is 3.62. The molecule has 0 spiro atoms. The summed E-state index contributed by atoms with van der Waals surface area (Å²) in [6, 6.07) is 10.4. The van der Waals surface area contributed by atoms with Gasteiger partial charge < -0.3 is 18.9 Å². The Labute approximate surface area is 158 Å². The molecule has 2 aromatic rings. The molecule has 2 rings (SSSR count). The largest absolute Gasteiger partial charge is 0.497 e. The average molecular weight is 370 g/mol. The van der Waals surface area contributed by atoms with Crippen LogP contribution in [0.25, 0.3) is 11.6 Å². The van der Waals surface area contributed by atoms with E-state index in [9.17, 15) is 9.59 Å². The van der Waals surface area contributed by atoms with Crippen molar-refractivity contribution in [2.45, 2.75) is 20.8 Å². The molecule has 0 aliphatic carbocycles. The Kier molecular flexibility index (Phi) is 6.60.